The second-order valence-corrected chi connectivity index (χ2v) is 3.85. The van der Waals surface area contributed by atoms with Gasteiger partial charge in [0, 0.05) is 12.3 Å². The van der Waals surface area contributed by atoms with Gasteiger partial charge in [-0.15, -0.1) is 0 Å². The zero-order chi connectivity index (χ0) is 8.67. The summed E-state index contributed by atoms with van der Waals surface area (Å²) in [6, 6.07) is 0. The first kappa shape index (κ1) is 7.37. The van der Waals surface area contributed by atoms with Crippen LogP contribution in [0.2, 0.25) is 0 Å². The summed E-state index contributed by atoms with van der Waals surface area (Å²) in [6.45, 7) is 0. The van der Waals surface area contributed by atoms with Gasteiger partial charge in [0.15, 0.2) is 0 Å². The van der Waals surface area contributed by atoms with Crippen LogP contribution in [-0.4, -0.2) is 0 Å². The predicted octanol–water partition coefficient (Wildman–Crippen LogP) is 3.23. The quantitative estimate of drug-likeness (QED) is 0.521. The number of rotatable bonds is 0. The molecule has 2 radical (unpaired) electrons. The Morgan fingerprint density at radius 2 is 2.38 bits per heavy atom. The first-order chi connectivity index (χ1) is 6.45. The van der Waals surface area contributed by atoms with Crippen LogP contribution in [0.25, 0.3) is 0 Å². The van der Waals surface area contributed by atoms with E-state index in [4.69, 9.17) is 0 Å². The van der Waals surface area contributed by atoms with Gasteiger partial charge in [-0.1, -0.05) is 30.4 Å². The van der Waals surface area contributed by atoms with Crippen molar-refractivity contribution < 1.29 is 0 Å². The molecule has 0 aromatic rings. The van der Waals surface area contributed by atoms with E-state index in [1.807, 2.05) is 0 Å². The van der Waals surface area contributed by atoms with Gasteiger partial charge in [0.05, 0.1) is 0 Å². The van der Waals surface area contributed by atoms with Crippen LogP contribution in [0.15, 0.2) is 47.1 Å². The fraction of sp³-hybridized carbons (Fsp3) is 0.308. The van der Waals surface area contributed by atoms with Crippen LogP contribution in [0.1, 0.15) is 19.3 Å². The van der Waals surface area contributed by atoms with Gasteiger partial charge < -0.3 is 0 Å². The lowest BCUT2D eigenvalue weighted by Gasteiger charge is -2.27. The first-order valence-electron chi connectivity index (χ1n) is 4.99. The number of hydrogen-bond acceptors (Lipinski definition) is 0. The van der Waals surface area contributed by atoms with E-state index in [1.54, 1.807) is 5.57 Å². The van der Waals surface area contributed by atoms with E-state index >= 15 is 0 Å². The SMILES string of the molecule is [C]1C=C2CCCC=C2C2C=CC=C12. The van der Waals surface area contributed by atoms with Gasteiger partial charge in [0.25, 0.3) is 0 Å². The van der Waals surface area contributed by atoms with Crippen LogP contribution in [-0.2, 0) is 0 Å². The lowest BCUT2D eigenvalue weighted by atomic mass is 9.77. The van der Waals surface area contributed by atoms with E-state index in [2.05, 4.69) is 36.8 Å². The van der Waals surface area contributed by atoms with Crippen molar-refractivity contribution in [3.05, 3.63) is 53.5 Å². The highest BCUT2D eigenvalue weighted by molar-refractivity contribution is 5.55. The predicted molar refractivity (Wildman–Crippen MR) is 54.0 cm³/mol. The molecule has 0 N–H and O–H groups in total. The Morgan fingerprint density at radius 1 is 1.38 bits per heavy atom. The van der Waals surface area contributed by atoms with Crippen LogP contribution in [0.5, 0.6) is 0 Å². The Labute approximate surface area is 79.3 Å². The van der Waals surface area contributed by atoms with Gasteiger partial charge in [-0.25, -0.2) is 0 Å². The summed E-state index contributed by atoms with van der Waals surface area (Å²) in [6.07, 6.45) is 18.4. The molecule has 64 valence electrons. The molecule has 0 saturated heterocycles. The van der Waals surface area contributed by atoms with E-state index in [1.165, 1.54) is 30.4 Å². The molecule has 0 heterocycles. The van der Waals surface area contributed by atoms with Gasteiger partial charge in [0.2, 0.25) is 0 Å². The lowest BCUT2D eigenvalue weighted by molar-refractivity contribution is 0.747. The molecule has 0 spiro atoms. The van der Waals surface area contributed by atoms with Gasteiger partial charge in [-0.2, -0.15) is 0 Å². The van der Waals surface area contributed by atoms with Crippen molar-refractivity contribution in [2.45, 2.75) is 19.3 Å². The highest BCUT2D eigenvalue weighted by Crippen LogP contribution is 2.41. The molecule has 0 fully saturated rings. The minimum atomic E-state index is 0.542. The van der Waals surface area contributed by atoms with E-state index in [9.17, 15) is 0 Å². The molecule has 0 heteroatoms. The van der Waals surface area contributed by atoms with Crippen LogP contribution >= 0.6 is 0 Å². The topological polar surface area (TPSA) is 0 Å². The molecule has 13 heavy (non-hydrogen) atoms. The molecule has 3 aliphatic carbocycles. The fourth-order valence-electron chi connectivity index (χ4n) is 2.36. The van der Waals surface area contributed by atoms with Crippen LogP contribution in [0.4, 0.5) is 0 Å². The second kappa shape index (κ2) is 2.73. The van der Waals surface area contributed by atoms with Crippen molar-refractivity contribution in [3.63, 3.8) is 0 Å². The molecule has 1 atom stereocenters. The van der Waals surface area contributed by atoms with Crippen molar-refractivity contribution in [2.24, 2.45) is 5.92 Å². The first-order valence-corrected chi connectivity index (χ1v) is 4.99. The van der Waals surface area contributed by atoms with E-state index in [0.29, 0.717) is 5.92 Å². The molecule has 3 rings (SSSR count). The fourth-order valence-corrected chi connectivity index (χ4v) is 2.36. The molecule has 0 nitrogen and oxygen atoms in total. The molecule has 0 aromatic carbocycles. The smallest absolute Gasteiger partial charge is 0.0391 e. The lowest BCUT2D eigenvalue weighted by Crippen LogP contribution is -2.12. The standard InChI is InChI=1S/C13H12/c1-2-6-12-10(4-1)8-9-11-5-3-7-13(11)12/h3,5-8,13H,1-2,4H2. The molecular formula is C13H12. The molecule has 1 unspecified atom stereocenters. The summed E-state index contributed by atoms with van der Waals surface area (Å²) in [7, 11) is 0. The minimum absolute atomic E-state index is 0.542. The Hall–Kier alpha value is -1.04. The largest absolute Gasteiger partial charge is 0.0801 e. The molecule has 0 saturated carbocycles. The van der Waals surface area contributed by atoms with E-state index in [-0.39, 0.29) is 0 Å². The molecule has 3 aliphatic rings. The summed E-state index contributed by atoms with van der Waals surface area (Å²) in [5.41, 5.74) is 4.40. The average molecular weight is 168 g/mol. The van der Waals surface area contributed by atoms with Crippen molar-refractivity contribution in [2.75, 3.05) is 0 Å². The summed E-state index contributed by atoms with van der Waals surface area (Å²) >= 11 is 0. The summed E-state index contributed by atoms with van der Waals surface area (Å²) in [5.74, 6) is 0.542. The Kier molecular flexibility index (Phi) is 1.55. The van der Waals surface area contributed by atoms with E-state index < -0.39 is 0 Å². The number of fused-ring (bicyclic) bond motifs is 3. The van der Waals surface area contributed by atoms with Crippen molar-refractivity contribution in [1.29, 1.82) is 0 Å². The molecule has 0 amide bonds. The average Bonchev–Trinajstić information content (AvgIpc) is 2.65. The molecular weight excluding hydrogens is 156 g/mol. The van der Waals surface area contributed by atoms with Crippen molar-refractivity contribution in [3.8, 4) is 0 Å². The Balaban J connectivity index is 2.07. The molecule has 0 aromatic heterocycles. The van der Waals surface area contributed by atoms with Gasteiger partial charge in [-0.3, -0.25) is 0 Å². The van der Waals surface area contributed by atoms with Gasteiger partial charge in [0.1, 0.15) is 0 Å². The minimum Gasteiger partial charge on any atom is -0.0801 e. The highest BCUT2D eigenvalue weighted by Gasteiger charge is 2.26. The Bertz CT molecular complexity index is 350. The molecule has 0 bridgehead atoms. The summed E-state index contributed by atoms with van der Waals surface area (Å²) in [5, 5.41) is 0. The third kappa shape index (κ3) is 1.05. The normalized spacial score (nSPS) is 30.2. The van der Waals surface area contributed by atoms with Crippen molar-refractivity contribution >= 4 is 0 Å². The summed E-state index contributed by atoms with van der Waals surface area (Å²) in [4.78, 5) is 0. The third-order valence-electron chi connectivity index (χ3n) is 3.05. The number of hydrogen-bond donors (Lipinski definition) is 0. The van der Waals surface area contributed by atoms with E-state index in [0.717, 1.165) is 0 Å². The zero-order valence-electron chi connectivity index (χ0n) is 7.59. The Morgan fingerprint density at radius 3 is 3.38 bits per heavy atom. The van der Waals surface area contributed by atoms with Gasteiger partial charge >= 0.3 is 0 Å². The second-order valence-electron chi connectivity index (χ2n) is 3.85. The third-order valence-corrected chi connectivity index (χ3v) is 3.05. The number of allylic oxidation sites excluding steroid dienone is 8. The zero-order valence-corrected chi connectivity index (χ0v) is 7.59. The van der Waals surface area contributed by atoms with Crippen LogP contribution in [0, 0.1) is 12.3 Å². The monoisotopic (exact) mass is 168 g/mol. The summed E-state index contributed by atoms with van der Waals surface area (Å²) < 4.78 is 0. The maximum absolute atomic E-state index is 3.38. The van der Waals surface area contributed by atoms with Crippen LogP contribution in [0.3, 0.4) is 0 Å². The maximum Gasteiger partial charge on any atom is 0.0391 e. The van der Waals surface area contributed by atoms with Crippen molar-refractivity contribution in [1.82, 2.24) is 0 Å². The van der Waals surface area contributed by atoms with Crippen LogP contribution < -0.4 is 0 Å². The highest BCUT2D eigenvalue weighted by atomic mass is 14.3. The maximum atomic E-state index is 3.38. The van der Waals surface area contributed by atoms with Gasteiger partial charge in [-0.05, 0) is 36.0 Å². The molecule has 0 aliphatic heterocycles.